The van der Waals surface area contributed by atoms with Crippen molar-refractivity contribution in [3.8, 4) is 0 Å². The van der Waals surface area contributed by atoms with Crippen molar-refractivity contribution in [1.82, 2.24) is 24.9 Å². The summed E-state index contributed by atoms with van der Waals surface area (Å²) >= 11 is 0. The lowest BCUT2D eigenvalue weighted by molar-refractivity contribution is 0.0312. The van der Waals surface area contributed by atoms with Crippen LogP contribution in [0.3, 0.4) is 0 Å². The van der Waals surface area contributed by atoms with Crippen molar-refractivity contribution in [2.45, 2.75) is 44.2 Å². The fourth-order valence-electron chi connectivity index (χ4n) is 4.71. The molecule has 1 N–H and O–H groups in total. The summed E-state index contributed by atoms with van der Waals surface area (Å²) in [6.45, 7) is 5.01. The fraction of sp³-hybridized carbons (Fsp3) is 0.778. The molecule has 3 atom stereocenters. The van der Waals surface area contributed by atoms with E-state index in [2.05, 4.69) is 22.4 Å². The molecule has 3 saturated heterocycles. The van der Waals surface area contributed by atoms with Crippen LogP contribution in [0, 0.1) is 5.92 Å². The van der Waals surface area contributed by atoms with Gasteiger partial charge >= 0.3 is 0 Å². The molecule has 1 aromatic heterocycles. The molecule has 3 unspecified atom stereocenters. The van der Waals surface area contributed by atoms with Gasteiger partial charge in [0.05, 0.1) is 6.04 Å². The van der Waals surface area contributed by atoms with Crippen molar-refractivity contribution in [3.05, 3.63) is 18.0 Å². The van der Waals surface area contributed by atoms with Gasteiger partial charge in [-0.2, -0.15) is 5.10 Å². The van der Waals surface area contributed by atoms with E-state index >= 15 is 0 Å². The summed E-state index contributed by atoms with van der Waals surface area (Å²) in [4.78, 5) is 17.4. The maximum atomic E-state index is 12.9. The van der Waals surface area contributed by atoms with Crippen LogP contribution >= 0.6 is 12.4 Å². The molecule has 25 heavy (non-hydrogen) atoms. The monoisotopic (exact) mass is 367 g/mol. The van der Waals surface area contributed by atoms with Gasteiger partial charge in [0, 0.05) is 31.9 Å². The molecule has 6 nitrogen and oxygen atoms in total. The van der Waals surface area contributed by atoms with Crippen LogP contribution < -0.4 is 5.32 Å². The molecule has 140 valence electrons. The molecule has 0 saturated carbocycles. The van der Waals surface area contributed by atoms with E-state index in [0.29, 0.717) is 23.7 Å². The standard InChI is InChI=1S/C18H29N5O.ClH/c1-21-9-3-4-14-13-22(10-7-17(14)21)18(24)16-6-11-23(20-16)15-5-2-8-19-12-15;/h6,11,14-15,17,19H,2-5,7-10,12-13H2,1H3;1H. The zero-order valence-corrected chi connectivity index (χ0v) is 15.9. The summed E-state index contributed by atoms with van der Waals surface area (Å²) in [7, 11) is 2.23. The van der Waals surface area contributed by atoms with E-state index in [0.717, 1.165) is 39.0 Å². The molecule has 3 aliphatic heterocycles. The Labute approximate surface area is 156 Å². The fourth-order valence-corrected chi connectivity index (χ4v) is 4.71. The van der Waals surface area contributed by atoms with Crippen LogP contribution in [0.25, 0.3) is 0 Å². The van der Waals surface area contributed by atoms with Gasteiger partial charge in [-0.05, 0) is 64.2 Å². The highest BCUT2D eigenvalue weighted by Crippen LogP contribution is 2.30. The van der Waals surface area contributed by atoms with Gasteiger partial charge in [0.25, 0.3) is 5.91 Å². The van der Waals surface area contributed by atoms with E-state index in [1.807, 2.05) is 21.8 Å². The topological polar surface area (TPSA) is 53.4 Å². The first kappa shape index (κ1) is 18.7. The number of amides is 1. The van der Waals surface area contributed by atoms with Gasteiger partial charge in [-0.1, -0.05) is 0 Å². The van der Waals surface area contributed by atoms with Crippen molar-refractivity contribution in [3.63, 3.8) is 0 Å². The molecule has 3 fully saturated rings. The summed E-state index contributed by atoms with van der Waals surface area (Å²) in [5.74, 6) is 0.746. The van der Waals surface area contributed by atoms with Crippen LogP contribution in [-0.4, -0.2) is 71.3 Å². The van der Waals surface area contributed by atoms with E-state index in [4.69, 9.17) is 0 Å². The molecule has 1 aromatic rings. The molecule has 4 heterocycles. The number of likely N-dealkylation sites (tertiary alicyclic amines) is 2. The molecular formula is C18H30ClN5O. The normalized spacial score (nSPS) is 30.4. The lowest BCUT2D eigenvalue weighted by Crippen LogP contribution is -2.54. The average Bonchev–Trinajstić information content (AvgIpc) is 3.12. The van der Waals surface area contributed by atoms with Crippen molar-refractivity contribution in [1.29, 1.82) is 0 Å². The second-order valence-corrected chi connectivity index (χ2v) is 7.67. The Kier molecular flexibility index (Phi) is 6.02. The second kappa shape index (κ2) is 8.06. The minimum absolute atomic E-state index is 0. The Morgan fingerprint density at radius 3 is 2.92 bits per heavy atom. The molecule has 0 aliphatic carbocycles. The largest absolute Gasteiger partial charge is 0.337 e. The van der Waals surface area contributed by atoms with Gasteiger partial charge in [0.15, 0.2) is 0 Å². The Morgan fingerprint density at radius 1 is 1.24 bits per heavy atom. The van der Waals surface area contributed by atoms with Crippen molar-refractivity contribution in [2.24, 2.45) is 5.92 Å². The smallest absolute Gasteiger partial charge is 0.274 e. The first-order valence-corrected chi connectivity index (χ1v) is 9.48. The third-order valence-electron chi connectivity index (χ3n) is 6.11. The van der Waals surface area contributed by atoms with E-state index < -0.39 is 0 Å². The zero-order chi connectivity index (χ0) is 16.5. The van der Waals surface area contributed by atoms with E-state index in [1.54, 1.807) is 0 Å². The quantitative estimate of drug-likeness (QED) is 0.865. The van der Waals surface area contributed by atoms with Crippen LogP contribution in [0.2, 0.25) is 0 Å². The highest BCUT2D eigenvalue weighted by molar-refractivity contribution is 5.92. The summed E-state index contributed by atoms with van der Waals surface area (Å²) in [6, 6.07) is 2.95. The summed E-state index contributed by atoms with van der Waals surface area (Å²) < 4.78 is 1.99. The lowest BCUT2D eigenvalue weighted by Gasteiger charge is -2.45. The number of carbonyl (C=O) groups is 1. The number of carbonyl (C=O) groups excluding carboxylic acids is 1. The molecule has 0 radical (unpaired) electrons. The Hall–Kier alpha value is -1.11. The van der Waals surface area contributed by atoms with E-state index in [9.17, 15) is 4.79 Å². The van der Waals surface area contributed by atoms with Gasteiger partial charge in [-0.3, -0.25) is 9.48 Å². The number of aromatic nitrogens is 2. The lowest BCUT2D eigenvalue weighted by atomic mass is 9.84. The zero-order valence-electron chi connectivity index (χ0n) is 15.1. The second-order valence-electron chi connectivity index (χ2n) is 7.67. The molecule has 3 aliphatic rings. The third-order valence-corrected chi connectivity index (χ3v) is 6.11. The number of hydrogen-bond donors (Lipinski definition) is 1. The maximum Gasteiger partial charge on any atom is 0.274 e. The highest BCUT2D eigenvalue weighted by Gasteiger charge is 2.36. The first-order chi connectivity index (χ1) is 11.7. The van der Waals surface area contributed by atoms with E-state index in [-0.39, 0.29) is 18.3 Å². The number of halogens is 1. The molecule has 0 spiro atoms. The SMILES string of the molecule is CN1CCCC2CN(C(=O)c3ccn(C4CCCNC4)n3)CCC21.Cl. The molecule has 4 rings (SSSR count). The van der Waals surface area contributed by atoms with Gasteiger partial charge in [-0.15, -0.1) is 12.4 Å². The van der Waals surface area contributed by atoms with Crippen LogP contribution in [0.15, 0.2) is 12.3 Å². The third kappa shape index (κ3) is 3.86. The predicted molar refractivity (Wildman–Crippen MR) is 100 cm³/mol. The van der Waals surface area contributed by atoms with Crippen LogP contribution in [0.4, 0.5) is 0 Å². The average molecular weight is 368 g/mol. The van der Waals surface area contributed by atoms with Gasteiger partial charge in [0.1, 0.15) is 5.69 Å². The van der Waals surface area contributed by atoms with Crippen LogP contribution in [0.5, 0.6) is 0 Å². The van der Waals surface area contributed by atoms with Gasteiger partial charge < -0.3 is 15.1 Å². The summed E-state index contributed by atoms with van der Waals surface area (Å²) in [5, 5.41) is 8.01. The molecule has 1 amide bonds. The number of nitrogens with one attached hydrogen (secondary N) is 1. The van der Waals surface area contributed by atoms with Crippen molar-refractivity contribution in [2.75, 3.05) is 39.8 Å². The van der Waals surface area contributed by atoms with Gasteiger partial charge in [-0.25, -0.2) is 0 Å². The minimum Gasteiger partial charge on any atom is -0.337 e. The maximum absolute atomic E-state index is 12.9. The molecule has 7 heteroatoms. The summed E-state index contributed by atoms with van der Waals surface area (Å²) in [5.41, 5.74) is 0.614. The molecule has 0 aromatic carbocycles. The Morgan fingerprint density at radius 2 is 2.12 bits per heavy atom. The summed E-state index contributed by atoms with van der Waals surface area (Å²) in [6.07, 6.45) is 7.90. The number of piperidine rings is 3. The van der Waals surface area contributed by atoms with Gasteiger partial charge in [0.2, 0.25) is 0 Å². The molecular weight excluding hydrogens is 338 g/mol. The van der Waals surface area contributed by atoms with E-state index in [1.165, 1.54) is 25.8 Å². The van der Waals surface area contributed by atoms with Crippen molar-refractivity contribution >= 4 is 18.3 Å². The highest BCUT2D eigenvalue weighted by atomic mass is 35.5. The Balaban J connectivity index is 0.00000182. The van der Waals surface area contributed by atoms with Crippen molar-refractivity contribution < 1.29 is 4.79 Å². The predicted octanol–water partition coefficient (Wildman–Crippen LogP) is 1.79. The first-order valence-electron chi connectivity index (χ1n) is 9.48. The van der Waals surface area contributed by atoms with Crippen LogP contribution in [-0.2, 0) is 0 Å². The Bertz CT molecular complexity index is 586. The number of rotatable bonds is 2. The minimum atomic E-state index is 0. The number of fused-ring (bicyclic) bond motifs is 1. The number of nitrogens with zero attached hydrogens (tertiary/aromatic N) is 4. The molecule has 0 bridgehead atoms. The number of hydrogen-bond acceptors (Lipinski definition) is 4. The van der Waals surface area contributed by atoms with Crippen LogP contribution in [0.1, 0.15) is 48.6 Å².